The molecule has 21 heavy (non-hydrogen) atoms. The first-order chi connectivity index (χ1) is 10.1. The topological polar surface area (TPSA) is 30.5 Å². The summed E-state index contributed by atoms with van der Waals surface area (Å²) in [5, 5.41) is 3.54. The monoisotopic (exact) mass is 309 g/mol. The van der Waals surface area contributed by atoms with Crippen molar-refractivity contribution in [2.24, 2.45) is 0 Å². The van der Waals surface area contributed by atoms with Gasteiger partial charge in [-0.15, -0.1) is 0 Å². The zero-order valence-electron chi connectivity index (χ0n) is 12.0. The number of hydrogen-bond donors (Lipinski definition) is 1. The SMILES string of the molecule is CNCc1ccc(OC)c(OCc2cc(Cl)ccc2F)c1. The van der Waals surface area contributed by atoms with Crippen molar-refractivity contribution in [2.75, 3.05) is 14.2 Å². The molecule has 2 rings (SSSR count). The molecule has 0 saturated carbocycles. The predicted octanol–water partition coefficient (Wildman–Crippen LogP) is 3.79. The Bertz CT molecular complexity index is 619. The molecule has 0 aromatic heterocycles. The molecular formula is C16H17ClFNO2. The first kappa shape index (κ1) is 15.6. The second-order valence-electron chi connectivity index (χ2n) is 4.54. The minimum Gasteiger partial charge on any atom is -0.493 e. The number of benzene rings is 2. The highest BCUT2D eigenvalue weighted by Crippen LogP contribution is 2.29. The fourth-order valence-corrected chi connectivity index (χ4v) is 2.15. The van der Waals surface area contributed by atoms with Crippen molar-refractivity contribution in [3.05, 3.63) is 58.4 Å². The molecule has 0 radical (unpaired) electrons. The van der Waals surface area contributed by atoms with Gasteiger partial charge in [0, 0.05) is 17.1 Å². The number of hydrogen-bond acceptors (Lipinski definition) is 3. The Balaban J connectivity index is 2.18. The summed E-state index contributed by atoms with van der Waals surface area (Å²) in [4.78, 5) is 0. The molecule has 0 saturated heterocycles. The van der Waals surface area contributed by atoms with Crippen LogP contribution in [0.15, 0.2) is 36.4 Å². The van der Waals surface area contributed by atoms with E-state index in [0.29, 0.717) is 28.6 Å². The highest BCUT2D eigenvalue weighted by atomic mass is 35.5. The highest BCUT2D eigenvalue weighted by molar-refractivity contribution is 6.30. The molecule has 0 aliphatic carbocycles. The van der Waals surface area contributed by atoms with E-state index >= 15 is 0 Å². The van der Waals surface area contributed by atoms with Gasteiger partial charge in [0.25, 0.3) is 0 Å². The van der Waals surface area contributed by atoms with Gasteiger partial charge in [0.05, 0.1) is 7.11 Å². The Kier molecular flexibility index (Phi) is 5.42. The molecule has 5 heteroatoms. The third-order valence-electron chi connectivity index (χ3n) is 3.00. The molecule has 1 N–H and O–H groups in total. The van der Waals surface area contributed by atoms with E-state index in [2.05, 4.69) is 5.32 Å². The summed E-state index contributed by atoms with van der Waals surface area (Å²) in [5.74, 6) is 0.840. The minimum atomic E-state index is -0.343. The van der Waals surface area contributed by atoms with Crippen molar-refractivity contribution in [3.8, 4) is 11.5 Å². The lowest BCUT2D eigenvalue weighted by Crippen LogP contribution is -2.06. The fourth-order valence-electron chi connectivity index (χ4n) is 1.96. The lowest BCUT2D eigenvalue weighted by Gasteiger charge is -2.13. The van der Waals surface area contributed by atoms with Crippen molar-refractivity contribution >= 4 is 11.6 Å². The molecule has 0 unspecified atom stereocenters. The van der Waals surface area contributed by atoms with E-state index < -0.39 is 0 Å². The summed E-state index contributed by atoms with van der Waals surface area (Å²) in [6.45, 7) is 0.803. The summed E-state index contributed by atoms with van der Waals surface area (Å²) >= 11 is 5.87. The zero-order chi connectivity index (χ0) is 15.2. The molecule has 0 atom stereocenters. The Morgan fingerprint density at radius 1 is 1.14 bits per heavy atom. The van der Waals surface area contributed by atoms with Crippen molar-refractivity contribution < 1.29 is 13.9 Å². The largest absolute Gasteiger partial charge is 0.493 e. The van der Waals surface area contributed by atoms with Crippen LogP contribution in [0.1, 0.15) is 11.1 Å². The van der Waals surface area contributed by atoms with E-state index in [9.17, 15) is 4.39 Å². The first-order valence-corrected chi connectivity index (χ1v) is 6.90. The molecule has 0 fully saturated rings. The maximum absolute atomic E-state index is 13.7. The van der Waals surface area contributed by atoms with E-state index in [4.69, 9.17) is 21.1 Å². The van der Waals surface area contributed by atoms with Crippen LogP contribution in [0.25, 0.3) is 0 Å². The Hall–Kier alpha value is -1.78. The fraction of sp³-hybridized carbons (Fsp3) is 0.250. The highest BCUT2D eigenvalue weighted by Gasteiger charge is 2.09. The Morgan fingerprint density at radius 2 is 1.95 bits per heavy atom. The van der Waals surface area contributed by atoms with Crippen molar-refractivity contribution in [2.45, 2.75) is 13.2 Å². The second kappa shape index (κ2) is 7.29. The van der Waals surface area contributed by atoms with E-state index in [1.54, 1.807) is 13.2 Å². The van der Waals surface area contributed by atoms with Gasteiger partial charge in [-0.25, -0.2) is 4.39 Å². The maximum Gasteiger partial charge on any atom is 0.161 e. The van der Waals surface area contributed by atoms with Gasteiger partial charge in [0.15, 0.2) is 11.5 Å². The average Bonchev–Trinajstić information content (AvgIpc) is 2.49. The van der Waals surface area contributed by atoms with E-state index in [-0.39, 0.29) is 12.4 Å². The molecule has 112 valence electrons. The smallest absolute Gasteiger partial charge is 0.161 e. The molecule has 2 aromatic carbocycles. The molecule has 0 amide bonds. The standard InChI is InChI=1S/C16H17ClFNO2/c1-19-9-11-3-6-15(20-2)16(7-11)21-10-12-8-13(17)4-5-14(12)18/h3-8,19H,9-10H2,1-2H3. The number of halogens is 2. The number of methoxy groups -OCH3 is 1. The summed E-state index contributed by atoms with van der Waals surface area (Å²) in [6, 6.07) is 10.0. The minimum absolute atomic E-state index is 0.0890. The molecule has 3 nitrogen and oxygen atoms in total. The number of nitrogens with one attached hydrogen (secondary N) is 1. The van der Waals surface area contributed by atoms with E-state index in [1.165, 1.54) is 12.1 Å². The quantitative estimate of drug-likeness (QED) is 0.880. The molecule has 2 aromatic rings. The van der Waals surface area contributed by atoms with Gasteiger partial charge < -0.3 is 14.8 Å². The van der Waals surface area contributed by atoms with Crippen LogP contribution in [0.4, 0.5) is 4.39 Å². The van der Waals surface area contributed by atoms with Crippen LogP contribution in [0.2, 0.25) is 5.02 Å². The molecule has 0 aliphatic heterocycles. The number of ether oxygens (including phenoxy) is 2. The lowest BCUT2D eigenvalue weighted by atomic mass is 10.2. The van der Waals surface area contributed by atoms with Gasteiger partial charge in [-0.05, 0) is 42.9 Å². The van der Waals surface area contributed by atoms with Crippen molar-refractivity contribution in [3.63, 3.8) is 0 Å². The summed E-state index contributed by atoms with van der Waals surface area (Å²) in [6.07, 6.45) is 0. The van der Waals surface area contributed by atoms with Gasteiger partial charge in [0.2, 0.25) is 0 Å². The normalized spacial score (nSPS) is 10.5. The van der Waals surface area contributed by atoms with Gasteiger partial charge in [0.1, 0.15) is 12.4 Å². The molecule has 0 aliphatic rings. The zero-order valence-corrected chi connectivity index (χ0v) is 12.7. The molecular weight excluding hydrogens is 293 g/mol. The van der Waals surface area contributed by atoms with Crippen LogP contribution in [-0.4, -0.2) is 14.2 Å². The van der Waals surface area contributed by atoms with Crippen molar-refractivity contribution in [1.82, 2.24) is 5.32 Å². The summed E-state index contributed by atoms with van der Waals surface area (Å²) < 4.78 is 24.6. The van der Waals surface area contributed by atoms with Gasteiger partial charge in [-0.1, -0.05) is 17.7 Å². The Morgan fingerprint density at radius 3 is 2.67 bits per heavy atom. The van der Waals surface area contributed by atoms with Gasteiger partial charge >= 0.3 is 0 Å². The van der Waals surface area contributed by atoms with Crippen LogP contribution in [0.5, 0.6) is 11.5 Å². The summed E-state index contributed by atoms with van der Waals surface area (Å²) in [5.41, 5.74) is 1.46. The van der Waals surface area contributed by atoms with Crippen LogP contribution in [-0.2, 0) is 13.2 Å². The third kappa shape index (κ3) is 4.09. The number of rotatable bonds is 6. The molecule has 0 bridgehead atoms. The molecule has 0 spiro atoms. The van der Waals surface area contributed by atoms with Gasteiger partial charge in [-0.3, -0.25) is 0 Å². The van der Waals surface area contributed by atoms with Crippen LogP contribution in [0, 0.1) is 5.82 Å². The van der Waals surface area contributed by atoms with Crippen LogP contribution < -0.4 is 14.8 Å². The average molecular weight is 310 g/mol. The lowest BCUT2D eigenvalue weighted by molar-refractivity contribution is 0.279. The third-order valence-corrected chi connectivity index (χ3v) is 3.23. The first-order valence-electron chi connectivity index (χ1n) is 6.52. The van der Waals surface area contributed by atoms with Gasteiger partial charge in [-0.2, -0.15) is 0 Å². The van der Waals surface area contributed by atoms with Crippen LogP contribution in [0.3, 0.4) is 0 Å². The molecule has 0 heterocycles. The van der Waals surface area contributed by atoms with E-state index in [0.717, 1.165) is 5.56 Å². The predicted molar refractivity (Wildman–Crippen MR) is 81.5 cm³/mol. The van der Waals surface area contributed by atoms with Crippen LogP contribution >= 0.6 is 11.6 Å². The van der Waals surface area contributed by atoms with Crippen molar-refractivity contribution in [1.29, 1.82) is 0 Å². The second-order valence-corrected chi connectivity index (χ2v) is 4.98. The summed E-state index contributed by atoms with van der Waals surface area (Å²) in [7, 11) is 3.44. The Labute approximate surface area is 128 Å². The van der Waals surface area contributed by atoms with E-state index in [1.807, 2.05) is 25.2 Å². The maximum atomic E-state index is 13.7.